The molecular weight excluding hydrogens is 374 g/mol. The fraction of sp³-hybridized carbons (Fsp3) is 0.389. The number of β-amino-alcohol motifs (C(OH)–C–C–N with tert-alkyl or cyclic N) is 1. The van der Waals surface area contributed by atoms with Crippen LogP contribution in [0.15, 0.2) is 24.3 Å². The Bertz CT molecular complexity index is 839. The molecule has 0 radical (unpaired) electrons. The summed E-state index contributed by atoms with van der Waals surface area (Å²) in [6, 6.07) is 6.96. The Kier molecular flexibility index (Phi) is 5.60. The Morgan fingerprint density at radius 3 is 2.85 bits per heavy atom. The zero-order valence-electron chi connectivity index (χ0n) is 14.5. The quantitative estimate of drug-likeness (QED) is 0.836. The largest absolute Gasteiger partial charge is 0.391 e. The highest BCUT2D eigenvalue weighted by Gasteiger charge is 2.37. The third-order valence-corrected chi connectivity index (χ3v) is 5.86. The van der Waals surface area contributed by atoms with E-state index in [2.05, 4.69) is 10.3 Å². The highest BCUT2D eigenvalue weighted by molar-refractivity contribution is 7.15. The number of hydrogen-bond donors (Lipinski definition) is 2. The predicted molar refractivity (Wildman–Crippen MR) is 102 cm³/mol. The second kappa shape index (κ2) is 7.73. The van der Waals surface area contributed by atoms with Crippen LogP contribution < -0.4 is 5.32 Å². The van der Waals surface area contributed by atoms with Crippen molar-refractivity contribution in [3.05, 3.63) is 45.4 Å². The van der Waals surface area contributed by atoms with E-state index < -0.39 is 12.1 Å². The lowest BCUT2D eigenvalue weighted by atomic mass is 10.1. The molecule has 0 aliphatic carbocycles. The number of halogens is 1. The monoisotopic (exact) mass is 393 g/mol. The van der Waals surface area contributed by atoms with Crippen molar-refractivity contribution in [3.63, 3.8) is 0 Å². The molecule has 1 aromatic carbocycles. The van der Waals surface area contributed by atoms with Gasteiger partial charge in [-0.3, -0.25) is 9.59 Å². The van der Waals surface area contributed by atoms with Crippen molar-refractivity contribution < 1.29 is 14.7 Å². The molecule has 0 unspecified atom stereocenters. The van der Waals surface area contributed by atoms with Crippen molar-refractivity contribution in [1.82, 2.24) is 9.88 Å². The number of anilines is 1. The van der Waals surface area contributed by atoms with Crippen LogP contribution >= 0.6 is 22.9 Å². The van der Waals surface area contributed by atoms with Crippen LogP contribution in [0, 0.1) is 6.92 Å². The summed E-state index contributed by atoms with van der Waals surface area (Å²) in [5.41, 5.74) is 1.83. The Morgan fingerprint density at radius 2 is 2.15 bits per heavy atom. The molecule has 26 heavy (non-hydrogen) atoms. The van der Waals surface area contributed by atoms with E-state index in [1.165, 1.54) is 23.2 Å². The Morgan fingerprint density at radius 1 is 1.42 bits per heavy atom. The molecule has 3 rings (SSSR count). The standard InChI is InChI=1S/C18H20ClN3O3S/c1-10-16(7-12-5-3-4-6-14(12)19)26-18(20-10)21-17(25)15-8-13(24)9-22(15)11(2)23/h3-6,13,15,24H,7-9H2,1-2H3,(H,20,21,25)/t13-,15-/m1/s1. The summed E-state index contributed by atoms with van der Waals surface area (Å²) in [5, 5.41) is 13.7. The molecule has 2 amide bonds. The highest BCUT2D eigenvalue weighted by Crippen LogP contribution is 2.28. The van der Waals surface area contributed by atoms with Gasteiger partial charge in [-0.05, 0) is 18.6 Å². The maximum absolute atomic E-state index is 12.5. The van der Waals surface area contributed by atoms with Gasteiger partial charge >= 0.3 is 0 Å². The minimum atomic E-state index is -0.677. The molecule has 1 fully saturated rings. The average Bonchev–Trinajstić information content (AvgIpc) is 3.13. The van der Waals surface area contributed by atoms with E-state index in [1.54, 1.807) is 0 Å². The first-order chi connectivity index (χ1) is 12.3. The fourth-order valence-corrected chi connectivity index (χ4v) is 4.25. The Labute approximate surface area is 160 Å². The first-order valence-electron chi connectivity index (χ1n) is 8.31. The number of aliphatic hydroxyl groups is 1. The first-order valence-corrected chi connectivity index (χ1v) is 9.50. The number of carbonyl (C=O) groups excluding carboxylic acids is 2. The molecule has 2 heterocycles. The van der Waals surface area contributed by atoms with Crippen LogP contribution in [0.2, 0.25) is 5.02 Å². The molecule has 0 bridgehead atoms. The summed E-state index contributed by atoms with van der Waals surface area (Å²) < 4.78 is 0. The van der Waals surface area contributed by atoms with Gasteiger partial charge in [0, 0.05) is 36.2 Å². The SMILES string of the molecule is CC(=O)N1C[C@H](O)C[C@@H]1C(=O)Nc1nc(C)c(Cc2ccccc2Cl)s1. The van der Waals surface area contributed by atoms with Gasteiger partial charge in [0.1, 0.15) is 6.04 Å². The zero-order valence-corrected chi connectivity index (χ0v) is 16.1. The van der Waals surface area contributed by atoms with Gasteiger partial charge in [-0.1, -0.05) is 29.8 Å². The van der Waals surface area contributed by atoms with Crippen molar-refractivity contribution in [3.8, 4) is 0 Å². The maximum atomic E-state index is 12.5. The molecule has 2 aromatic rings. The Balaban J connectivity index is 1.72. The lowest BCUT2D eigenvalue weighted by molar-refractivity contribution is -0.134. The van der Waals surface area contributed by atoms with E-state index in [1.807, 2.05) is 31.2 Å². The molecule has 1 aliphatic heterocycles. The van der Waals surface area contributed by atoms with E-state index in [0.29, 0.717) is 16.6 Å². The summed E-state index contributed by atoms with van der Waals surface area (Å²) in [6.45, 7) is 3.47. The third kappa shape index (κ3) is 4.06. The number of likely N-dealkylation sites (tertiary alicyclic amines) is 1. The van der Waals surface area contributed by atoms with E-state index >= 15 is 0 Å². The smallest absolute Gasteiger partial charge is 0.249 e. The minimum absolute atomic E-state index is 0.183. The summed E-state index contributed by atoms with van der Waals surface area (Å²) in [6.07, 6.45) is 0.201. The molecule has 1 aromatic heterocycles. The molecule has 2 atom stereocenters. The topological polar surface area (TPSA) is 82.5 Å². The second-order valence-corrected chi connectivity index (χ2v) is 7.85. The number of benzene rings is 1. The van der Waals surface area contributed by atoms with Gasteiger partial charge in [-0.2, -0.15) is 0 Å². The van der Waals surface area contributed by atoms with Gasteiger partial charge in [0.2, 0.25) is 11.8 Å². The number of hydrogen-bond acceptors (Lipinski definition) is 5. The van der Waals surface area contributed by atoms with E-state index in [0.717, 1.165) is 16.1 Å². The number of amides is 2. The number of carbonyl (C=O) groups is 2. The number of rotatable bonds is 4. The van der Waals surface area contributed by atoms with Gasteiger partial charge in [0.15, 0.2) is 5.13 Å². The molecule has 138 valence electrons. The second-order valence-electron chi connectivity index (χ2n) is 6.36. The zero-order chi connectivity index (χ0) is 18.8. The van der Waals surface area contributed by atoms with Crippen LogP contribution in [-0.2, 0) is 16.0 Å². The molecule has 0 saturated carbocycles. The first kappa shape index (κ1) is 18.8. The number of aliphatic hydroxyl groups excluding tert-OH is 1. The summed E-state index contributed by atoms with van der Waals surface area (Å²) in [4.78, 5) is 31.0. The number of nitrogens with zero attached hydrogens (tertiary/aromatic N) is 2. The van der Waals surface area contributed by atoms with Gasteiger partial charge in [-0.25, -0.2) is 4.98 Å². The van der Waals surface area contributed by atoms with Crippen LogP contribution in [0.3, 0.4) is 0 Å². The van der Waals surface area contributed by atoms with E-state index in [4.69, 9.17) is 11.6 Å². The van der Waals surface area contributed by atoms with Gasteiger partial charge in [0.05, 0.1) is 11.8 Å². The van der Waals surface area contributed by atoms with E-state index in [9.17, 15) is 14.7 Å². The van der Waals surface area contributed by atoms with E-state index in [-0.39, 0.29) is 24.8 Å². The van der Waals surface area contributed by atoms with Crippen molar-refractivity contribution in [1.29, 1.82) is 0 Å². The molecule has 2 N–H and O–H groups in total. The van der Waals surface area contributed by atoms with Crippen LogP contribution in [0.4, 0.5) is 5.13 Å². The molecule has 6 nitrogen and oxygen atoms in total. The number of nitrogens with one attached hydrogen (secondary N) is 1. The predicted octanol–water partition coefficient (Wildman–Crippen LogP) is 2.62. The van der Waals surface area contributed by atoms with Crippen LogP contribution in [0.5, 0.6) is 0 Å². The summed E-state index contributed by atoms with van der Waals surface area (Å²) >= 11 is 7.61. The summed E-state index contributed by atoms with van der Waals surface area (Å²) in [5.74, 6) is -0.550. The van der Waals surface area contributed by atoms with Crippen molar-refractivity contribution in [2.75, 3.05) is 11.9 Å². The molecule has 1 aliphatic rings. The van der Waals surface area contributed by atoms with Gasteiger partial charge < -0.3 is 15.3 Å². The maximum Gasteiger partial charge on any atom is 0.249 e. The molecule has 8 heteroatoms. The number of aryl methyl sites for hydroxylation is 1. The lowest BCUT2D eigenvalue weighted by Gasteiger charge is -2.21. The van der Waals surface area contributed by atoms with Crippen molar-refractivity contribution >= 4 is 39.9 Å². The fourth-order valence-electron chi connectivity index (χ4n) is 3.06. The molecule has 1 saturated heterocycles. The third-order valence-electron chi connectivity index (χ3n) is 4.42. The normalized spacial score (nSPS) is 19.6. The molecular formula is C18H20ClN3O3S. The van der Waals surface area contributed by atoms with Gasteiger partial charge in [-0.15, -0.1) is 11.3 Å². The number of aromatic nitrogens is 1. The highest BCUT2D eigenvalue weighted by atomic mass is 35.5. The Hall–Kier alpha value is -1.96. The summed E-state index contributed by atoms with van der Waals surface area (Å²) in [7, 11) is 0. The van der Waals surface area contributed by atoms with Crippen molar-refractivity contribution in [2.45, 2.75) is 38.8 Å². The van der Waals surface area contributed by atoms with Crippen LogP contribution in [0.25, 0.3) is 0 Å². The lowest BCUT2D eigenvalue weighted by Crippen LogP contribution is -2.42. The van der Waals surface area contributed by atoms with Crippen molar-refractivity contribution in [2.24, 2.45) is 0 Å². The minimum Gasteiger partial charge on any atom is -0.391 e. The van der Waals surface area contributed by atoms with Crippen LogP contribution in [0.1, 0.15) is 29.5 Å². The molecule has 0 spiro atoms. The number of thiazole rings is 1. The van der Waals surface area contributed by atoms with Gasteiger partial charge in [0.25, 0.3) is 0 Å². The average molecular weight is 394 g/mol. The van der Waals surface area contributed by atoms with Crippen LogP contribution in [-0.4, -0.2) is 45.5 Å².